The zero-order valence-corrected chi connectivity index (χ0v) is 17.6. The Labute approximate surface area is 168 Å². The van der Waals surface area contributed by atoms with Gasteiger partial charge >= 0.3 is 0 Å². The second kappa shape index (κ2) is 7.42. The van der Waals surface area contributed by atoms with Crippen LogP contribution in [-0.4, -0.2) is 35.2 Å². The van der Waals surface area contributed by atoms with Gasteiger partial charge in [0.15, 0.2) is 9.86 Å². The van der Waals surface area contributed by atoms with E-state index in [4.69, 9.17) is 0 Å². The van der Waals surface area contributed by atoms with Crippen molar-refractivity contribution in [2.24, 2.45) is 5.92 Å². The van der Waals surface area contributed by atoms with E-state index < -0.39 is 15.6 Å². The van der Waals surface area contributed by atoms with Gasteiger partial charge in [-0.1, -0.05) is 30.3 Å². The molecule has 4 rings (SSSR count). The first-order valence-corrected chi connectivity index (χ1v) is 11.7. The molecular formula is C20H23N3O3S2. The molecule has 0 saturated carbocycles. The Morgan fingerprint density at radius 3 is 2.50 bits per heavy atom. The molecular weight excluding hydrogens is 394 g/mol. The molecule has 1 aliphatic rings. The average molecular weight is 418 g/mol. The predicted molar refractivity (Wildman–Crippen MR) is 110 cm³/mol. The summed E-state index contributed by atoms with van der Waals surface area (Å²) in [6.45, 7) is 4.35. The fourth-order valence-corrected chi connectivity index (χ4v) is 6.41. The molecule has 0 unspecified atom stereocenters. The number of hydrogen-bond donors (Lipinski definition) is 0. The van der Waals surface area contributed by atoms with E-state index in [-0.39, 0.29) is 10.6 Å². The molecule has 0 N–H and O–H groups in total. The molecule has 0 radical (unpaired) electrons. The summed E-state index contributed by atoms with van der Waals surface area (Å²) in [6, 6.07) is 10.3. The van der Waals surface area contributed by atoms with Crippen molar-refractivity contribution in [1.29, 1.82) is 0 Å². The fraction of sp³-hybridized carbons (Fsp3) is 0.400. The van der Waals surface area contributed by atoms with Gasteiger partial charge < -0.3 is 0 Å². The Bertz CT molecular complexity index is 1160. The zero-order valence-electron chi connectivity index (χ0n) is 16.0. The van der Waals surface area contributed by atoms with Crippen LogP contribution in [0.5, 0.6) is 0 Å². The third kappa shape index (κ3) is 3.52. The van der Waals surface area contributed by atoms with Gasteiger partial charge in [-0.05, 0) is 44.6 Å². The molecule has 1 fully saturated rings. The van der Waals surface area contributed by atoms with E-state index in [1.165, 1.54) is 25.6 Å². The zero-order chi connectivity index (χ0) is 19.9. The Hall–Kier alpha value is -2.03. The number of benzene rings is 1. The standard InChI is InChI=1S/C20H23N3O3S2/c1-14-13-23-19(24)18(15(2)21-20(23)27-14)28(25,26)22-10-8-17(9-11-22)12-16-6-4-3-5-7-16/h3-7,13,17H,8-12H2,1-2H3. The Balaban J connectivity index is 1.57. The second-order valence-electron chi connectivity index (χ2n) is 7.36. The summed E-state index contributed by atoms with van der Waals surface area (Å²) < 4.78 is 29.2. The highest BCUT2D eigenvalue weighted by Gasteiger charge is 2.33. The van der Waals surface area contributed by atoms with Crippen LogP contribution in [0.4, 0.5) is 0 Å². The van der Waals surface area contributed by atoms with Crippen LogP contribution >= 0.6 is 11.3 Å². The number of rotatable bonds is 4. The summed E-state index contributed by atoms with van der Waals surface area (Å²) in [5, 5.41) is 0. The SMILES string of the molecule is Cc1cn2c(=O)c(S(=O)(=O)N3CCC(Cc4ccccc4)CC3)c(C)nc2s1. The topological polar surface area (TPSA) is 71.8 Å². The molecule has 0 atom stereocenters. The molecule has 3 aromatic rings. The van der Waals surface area contributed by atoms with Crippen LogP contribution in [0.25, 0.3) is 4.96 Å². The maximum absolute atomic E-state index is 13.2. The molecule has 6 nitrogen and oxygen atoms in total. The highest BCUT2D eigenvalue weighted by molar-refractivity contribution is 7.89. The summed E-state index contributed by atoms with van der Waals surface area (Å²) in [6.07, 6.45) is 4.20. The second-order valence-corrected chi connectivity index (χ2v) is 10.5. The lowest BCUT2D eigenvalue weighted by Crippen LogP contribution is -2.41. The molecule has 1 aliphatic heterocycles. The van der Waals surface area contributed by atoms with Crippen molar-refractivity contribution in [1.82, 2.24) is 13.7 Å². The molecule has 8 heteroatoms. The van der Waals surface area contributed by atoms with Crippen molar-refractivity contribution in [3.63, 3.8) is 0 Å². The first-order valence-electron chi connectivity index (χ1n) is 9.40. The summed E-state index contributed by atoms with van der Waals surface area (Å²) in [5.74, 6) is 0.455. The summed E-state index contributed by atoms with van der Waals surface area (Å²) in [4.78, 5) is 18.5. The lowest BCUT2D eigenvalue weighted by atomic mass is 9.91. The quantitative estimate of drug-likeness (QED) is 0.654. The fourth-order valence-electron chi connectivity index (χ4n) is 3.86. The Kier molecular flexibility index (Phi) is 5.11. The number of hydrogen-bond acceptors (Lipinski definition) is 5. The molecule has 1 aromatic carbocycles. The number of aromatic nitrogens is 2. The van der Waals surface area contributed by atoms with Crippen molar-refractivity contribution in [2.75, 3.05) is 13.1 Å². The minimum absolute atomic E-state index is 0.190. The van der Waals surface area contributed by atoms with Crippen molar-refractivity contribution in [3.8, 4) is 0 Å². The minimum Gasteiger partial charge on any atom is -0.267 e. The number of aryl methyl sites for hydroxylation is 2. The molecule has 28 heavy (non-hydrogen) atoms. The van der Waals surface area contributed by atoms with Gasteiger partial charge in [0.2, 0.25) is 10.0 Å². The lowest BCUT2D eigenvalue weighted by molar-refractivity contribution is 0.272. The van der Waals surface area contributed by atoms with E-state index in [2.05, 4.69) is 17.1 Å². The van der Waals surface area contributed by atoms with E-state index in [0.717, 1.165) is 24.1 Å². The first kappa shape index (κ1) is 19.3. The van der Waals surface area contributed by atoms with Crippen molar-refractivity contribution < 1.29 is 8.42 Å². The van der Waals surface area contributed by atoms with Crippen molar-refractivity contribution in [3.05, 3.63) is 63.0 Å². The smallest absolute Gasteiger partial charge is 0.267 e. The predicted octanol–water partition coefficient (Wildman–Crippen LogP) is 3.02. The minimum atomic E-state index is -3.86. The van der Waals surface area contributed by atoms with Crippen LogP contribution in [0.1, 0.15) is 29.0 Å². The molecule has 3 heterocycles. The Morgan fingerprint density at radius 1 is 1.14 bits per heavy atom. The summed E-state index contributed by atoms with van der Waals surface area (Å²) >= 11 is 1.38. The maximum atomic E-state index is 13.2. The average Bonchev–Trinajstić information content (AvgIpc) is 3.03. The molecule has 0 bridgehead atoms. The third-order valence-corrected chi connectivity index (χ3v) is 8.24. The molecule has 148 valence electrons. The van der Waals surface area contributed by atoms with Gasteiger partial charge in [0.05, 0.1) is 5.69 Å². The molecule has 0 aliphatic carbocycles. The van der Waals surface area contributed by atoms with Crippen LogP contribution in [0.3, 0.4) is 0 Å². The van der Waals surface area contributed by atoms with Gasteiger partial charge in [-0.25, -0.2) is 13.4 Å². The molecule has 0 amide bonds. The highest BCUT2D eigenvalue weighted by atomic mass is 32.2. The monoisotopic (exact) mass is 417 g/mol. The molecule has 1 saturated heterocycles. The summed E-state index contributed by atoms with van der Waals surface area (Å²) in [7, 11) is -3.86. The highest BCUT2D eigenvalue weighted by Crippen LogP contribution is 2.26. The number of nitrogens with zero attached hydrogens (tertiary/aromatic N) is 3. The van der Waals surface area contributed by atoms with Crippen LogP contribution in [0.15, 0.2) is 46.2 Å². The van der Waals surface area contributed by atoms with Gasteiger partial charge in [-0.2, -0.15) is 4.31 Å². The van der Waals surface area contributed by atoms with Gasteiger partial charge in [-0.3, -0.25) is 9.20 Å². The van der Waals surface area contributed by atoms with E-state index in [1.807, 2.05) is 25.1 Å². The largest absolute Gasteiger partial charge is 0.279 e. The third-order valence-electron chi connectivity index (χ3n) is 5.31. The molecule has 2 aromatic heterocycles. The molecule has 0 spiro atoms. The maximum Gasteiger partial charge on any atom is 0.279 e. The summed E-state index contributed by atoms with van der Waals surface area (Å²) in [5.41, 5.74) is 1.05. The normalized spacial score (nSPS) is 16.6. The van der Waals surface area contributed by atoms with Gasteiger partial charge in [-0.15, -0.1) is 11.3 Å². The van der Waals surface area contributed by atoms with Crippen LogP contribution in [0, 0.1) is 19.8 Å². The van der Waals surface area contributed by atoms with Crippen LogP contribution in [-0.2, 0) is 16.4 Å². The van der Waals surface area contributed by atoms with E-state index >= 15 is 0 Å². The van der Waals surface area contributed by atoms with Crippen molar-refractivity contribution in [2.45, 2.75) is 38.0 Å². The number of fused-ring (bicyclic) bond motifs is 1. The van der Waals surface area contributed by atoms with Gasteiger partial charge in [0.1, 0.15) is 0 Å². The van der Waals surface area contributed by atoms with E-state index in [9.17, 15) is 13.2 Å². The van der Waals surface area contributed by atoms with Gasteiger partial charge in [0.25, 0.3) is 5.56 Å². The Morgan fingerprint density at radius 2 is 1.82 bits per heavy atom. The number of sulfonamides is 1. The van der Waals surface area contributed by atoms with E-state index in [0.29, 0.717) is 24.0 Å². The lowest BCUT2D eigenvalue weighted by Gasteiger charge is -2.31. The van der Waals surface area contributed by atoms with E-state index in [1.54, 1.807) is 13.1 Å². The van der Waals surface area contributed by atoms with Crippen LogP contribution < -0.4 is 5.56 Å². The van der Waals surface area contributed by atoms with Crippen LogP contribution in [0.2, 0.25) is 0 Å². The number of piperidine rings is 1. The van der Waals surface area contributed by atoms with Gasteiger partial charge in [0, 0.05) is 24.2 Å². The number of thiazole rings is 1. The first-order chi connectivity index (χ1) is 13.4. The van der Waals surface area contributed by atoms with Crippen molar-refractivity contribution >= 4 is 26.3 Å².